The lowest BCUT2D eigenvalue weighted by Gasteiger charge is -2.33. The van der Waals surface area contributed by atoms with Crippen LogP contribution in [-0.4, -0.2) is 70.3 Å². The molecule has 2 aliphatic heterocycles. The van der Waals surface area contributed by atoms with Crippen LogP contribution in [0.1, 0.15) is 37.3 Å². The number of aryl methyl sites for hydroxylation is 1. The van der Waals surface area contributed by atoms with Crippen molar-refractivity contribution in [3.05, 3.63) is 36.2 Å². The maximum absolute atomic E-state index is 6.09. The molecule has 0 unspecified atom stereocenters. The largest absolute Gasteiger partial charge is 0.369 e. The molecule has 2 atom stereocenters. The van der Waals surface area contributed by atoms with Crippen LogP contribution in [0.2, 0.25) is 0 Å². The lowest BCUT2D eigenvalue weighted by molar-refractivity contribution is -0.0182. The zero-order valence-electron chi connectivity index (χ0n) is 16.9. The van der Waals surface area contributed by atoms with Crippen molar-refractivity contribution in [3.8, 4) is 0 Å². The average Bonchev–Trinajstić information content (AvgIpc) is 3.22. The lowest BCUT2D eigenvalue weighted by atomic mass is 10.0. The Kier molecular flexibility index (Phi) is 6.19. The number of hydrogen-bond acceptors (Lipinski definition) is 7. The van der Waals surface area contributed by atoms with E-state index in [1.165, 1.54) is 0 Å². The summed E-state index contributed by atoms with van der Waals surface area (Å²) in [6, 6.07) is 0.249. The van der Waals surface area contributed by atoms with E-state index in [2.05, 4.69) is 48.6 Å². The number of imidazole rings is 1. The number of ether oxygens (including phenoxy) is 1. The molecule has 0 spiro atoms. The van der Waals surface area contributed by atoms with Gasteiger partial charge in [-0.25, -0.2) is 15.0 Å². The fourth-order valence-electron chi connectivity index (χ4n) is 3.95. The first-order valence-electron chi connectivity index (χ1n) is 10.3. The van der Waals surface area contributed by atoms with E-state index in [0.717, 1.165) is 76.1 Å². The number of rotatable bonds is 6. The van der Waals surface area contributed by atoms with Gasteiger partial charge in [0.25, 0.3) is 0 Å². The molecule has 152 valence electrons. The Hall–Kier alpha value is -2.03. The minimum absolute atomic E-state index is 0.00534. The Morgan fingerprint density at radius 2 is 1.93 bits per heavy atom. The summed E-state index contributed by atoms with van der Waals surface area (Å²) in [6.07, 6.45) is 9.92. The SMILES string of the molecule is CCn1ccnc1[C@H]1OCCC[C@@H]1NCc1cnc(N2CCN(C)CC2)nc1. The maximum Gasteiger partial charge on any atom is 0.225 e. The number of aromatic nitrogens is 4. The molecule has 0 radical (unpaired) electrons. The Morgan fingerprint density at radius 3 is 2.68 bits per heavy atom. The van der Waals surface area contributed by atoms with Gasteiger partial charge in [-0.1, -0.05) is 0 Å². The third-order valence-electron chi connectivity index (χ3n) is 5.71. The third-order valence-corrected chi connectivity index (χ3v) is 5.71. The normalized spacial score (nSPS) is 23.9. The minimum atomic E-state index is -0.00534. The quantitative estimate of drug-likeness (QED) is 0.807. The molecule has 4 rings (SSSR count). The van der Waals surface area contributed by atoms with Crippen molar-refractivity contribution < 1.29 is 4.74 Å². The van der Waals surface area contributed by atoms with Crippen molar-refractivity contribution in [1.29, 1.82) is 0 Å². The van der Waals surface area contributed by atoms with Crippen LogP contribution in [0.3, 0.4) is 0 Å². The maximum atomic E-state index is 6.09. The molecule has 2 fully saturated rings. The number of anilines is 1. The van der Waals surface area contributed by atoms with Crippen molar-refractivity contribution in [2.75, 3.05) is 44.7 Å². The average molecular weight is 386 g/mol. The van der Waals surface area contributed by atoms with Gasteiger partial charge in [-0.05, 0) is 26.8 Å². The second kappa shape index (κ2) is 8.98. The standard InChI is InChI=1S/C20H31N7O/c1-3-26-7-6-21-19(26)18-17(5-4-12-28-18)22-13-16-14-23-20(24-15-16)27-10-8-25(2)9-11-27/h6-7,14-15,17-18,22H,3-5,8-13H2,1-2H3/t17-,18-/m0/s1. The summed E-state index contributed by atoms with van der Waals surface area (Å²) in [5, 5.41) is 3.65. The highest BCUT2D eigenvalue weighted by atomic mass is 16.5. The highest BCUT2D eigenvalue weighted by Crippen LogP contribution is 2.27. The highest BCUT2D eigenvalue weighted by molar-refractivity contribution is 5.30. The molecule has 2 saturated heterocycles. The molecule has 0 saturated carbocycles. The van der Waals surface area contributed by atoms with E-state index in [9.17, 15) is 0 Å². The van der Waals surface area contributed by atoms with Crippen LogP contribution in [0.25, 0.3) is 0 Å². The second-order valence-electron chi connectivity index (χ2n) is 7.67. The van der Waals surface area contributed by atoms with Gasteiger partial charge >= 0.3 is 0 Å². The van der Waals surface area contributed by atoms with Gasteiger partial charge in [-0.15, -0.1) is 0 Å². The molecule has 2 aromatic rings. The molecule has 4 heterocycles. The van der Waals surface area contributed by atoms with E-state index in [0.29, 0.717) is 0 Å². The minimum Gasteiger partial charge on any atom is -0.369 e. The van der Waals surface area contributed by atoms with E-state index in [1.54, 1.807) is 0 Å². The topological polar surface area (TPSA) is 71.3 Å². The van der Waals surface area contributed by atoms with E-state index in [-0.39, 0.29) is 12.1 Å². The van der Waals surface area contributed by atoms with Crippen molar-refractivity contribution in [3.63, 3.8) is 0 Å². The second-order valence-corrected chi connectivity index (χ2v) is 7.67. The van der Waals surface area contributed by atoms with Crippen molar-refractivity contribution in [1.82, 2.24) is 29.7 Å². The zero-order chi connectivity index (χ0) is 19.3. The fourth-order valence-corrected chi connectivity index (χ4v) is 3.95. The van der Waals surface area contributed by atoms with Crippen LogP contribution >= 0.6 is 0 Å². The summed E-state index contributed by atoms with van der Waals surface area (Å²) in [7, 11) is 2.15. The Morgan fingerprint density at radius 1 is 1.14 bits per heavy atom. The van der Waals surface area contributed by atoms with Crippen LogP contribution < -0.4 is 10.2 Å². The fraction of sp³-hybridized carbons (Fsp3) is 0.650. The Balaban J connectivity index is 1.36. The number of piperazine rings is 1. The van der Waals surface area contributed by atoms with Gasteiger partial charge in [0.1, 0.15) is 11.9 Å². The van der Waals surface area contributed by atoms with Crippen LogP contribution in [0.4, 0.5) is 5.95 Å². The molecule has 0 aliphatic carbocycles. The third kappa shape index (κ3) is 4.34. The summed E-state index contributed by atoms with van der Waals surface area (Å²) >= 11 is 0. The Bertz CT molecular complexity index is 739. The molecule has 2 aliphatic rings. The van der Waals surface area contributed by atoms with E-state index >= 15 is 0 Å². The van der Waals surface area contributed by atoms with Crippen LogP contribution in [0, 0.1) is 0 Å². The summed E-state index contributed by atoms with van der Waals surface area (Å²) in [5.74, 6) is 1.85. The molecule has 0 amide bonds. The number of nitrogens with zero attached hydrogens (tertiary/aromatic N) is 6. The van der Waals surface area contributed by atoms with Gasteiger partial charge in [0, 0.05) is 82.3 Å². The van der Waals surface area contributed by atoms with Gasteiger partial charge in [0.05, 0.1) is 0 Å². The molecule has 8 heteroatoms. The summed E-state index contributed by atoms with van der Waals surface area (Å²) in [5.41, 5.74) is 1.10. The summed E-state index contributed by atoms with van der Waals surface area (Å²) < 4.78 is 8.25. The molecule has 0 aromatic carbocycles. The van der Waals surface area contributed by atoms with E-state index in [4.69, 9.17) is 4.74 Å². The monoisotopic (exact) mass is 385 g/mol. The van der Waals surface area contributed by atoms with Gasteiger partial charge < -0.3 is 24.4 Å². The number of likely N-dealkylation sites (N-methyl/N-ethyl adjacent to an activating group) is 1. The van der Waals surface area contributed by atoms with Gasteiger partial charge in [0.2, 0.25) is 5.95 Å². The van der Waals surface area contributed by atoms with Crippen LogP contribution in [0.15, 0.2) is 24.8 Å². The molecule has 1 N–H and O–H groups in total. The number of nitrogens with one attached hydrogen (secondary N) is 1. The van der Waals surface area contributed by atoms with E-state index < -0.39 is 0 Å². The van der Waals surface area contributed by atoms with Gasteiger partial charge in [-0.2, -0.15) is 0 Å². The molecular formula is C20H31N7O. The van der Waals surface area contributed by atoms with Crippen molar-refractivity contribution >= 4 is 5.95 Å². The van der Waals surface area contributed by atoms with Crippen LogP contribution in [-0.2, 0) is 17.8 Å². The van der Waals surface area contributed by atoms with Crippen LogP contribution in [0.5, 0.6) is 0 Å². The number of hydrogen-bond donors (Lipinski definition) is 1. The van der Waals surface area contributed by atoms with E-state index in [1.807, 2.05) is 24.8 Å². The first kappa shape index (κ1) is 19.3. The smallest absolute Gasteiger partial charge is 0.225 e. The molecule has 2 aromatic heterocycles. The predicted molar refractivity (Wildman–Crippen MR) is 108 cm³/mol. The molecular weight excluding hydrogens is 354 g/mol. The first-order chi connectivity index (χ1) is 13.7. The lowest BCUT2D eigenvalue weighted by Crippen LogP contribution is -2.45. The summed E-state index contributed by atoms with van der Waals surface area (Å²) in [6.45, 7) is 8.66. The zero-order valence-corrected chi connectivity index (χ0v) is 16.9. The van der Waals surface area contributed by atoms with Gasteiger partial charge in [0.15, 0.2) is 0 Å². The van der Waals surface area contributed by atoms with Gasteiger partial charge in [-0.3, -0.25) is 0 Å². The molecule has 0 bridgehead atoms. The highest BCUT2D eigenvalue weighted by Gasteiger charge is 2.30. The van der Waals surface area contributed by atoms with Crippen molar-refractivity contribution in [2.45, 2.75) is 45.0 Å². The predicted octanol–water partition coefficient (Wildman–Crippen LogP) is 1.45. The molecule has 28 heavy (non-hydrogen) atoms. The summed E-state index contributed by atoms with van der Waals surface area (Å²) in [4.78, 5) is 18.3. The van der Waals surface area contributed by atoms with Crippen molar-refractivity contribution in [2.24, 2.45) is 0 Å². The molecule has 8 nitrogen and oxygen atoms in total. The first-order valence-corrected chi connectivity index (χ1v) is 10.3. The Labute approximate surface area is 166 Å².